The number of fused-ring (bicyclic) bond motifs is 1. The second-order valence-electron chi connectivity index (χ2n) is 9.08. The highest BCUT2D eigenvalue weighted by Gasteiger charge is 2.25. The molecular weight excluding hydrogens is 430 g/mol. The minimum Gasteiger partial charge on any atom is -0.329 e. The fraction of sp³-hybridized carbons (Fsp3) is 0.286. The van der Waals surface area contributed by atoms with Gasteiger partial charge in [0.15, 0.2) is 0 Å². The van der Waals surface area contributed by atoms with E-state index in [1.165, 1.54) is 0 Å². The molecule has 0 unspecified atom stereocenters. The Morgan fingerprint density at radius 2 is 1.64 bits per heavy atom. The van der Waals surface area contributed by atoms with Gasteiger partial charge in [0.25, 0.3) is 5.91 Å². The molecule has 0 aliphatic carbocycles. The minimum absolute atomic E-state index is 0.0113. The topological polar surface area (TPSA) is 38.1 Å². The SMILES string of the molecule is Cc1cc(C)c(C(=O)N(Cc2nc3ccccc3n2-c2ccc(Cl)cc2C)C(C)C)c(C)c1. The van der Waals surface area contributed by atoms with Crippen molar-refractivity contribution in [2.24, 2.45) is 0 Å². The number of aromatic nitrogens is 2. The molecular formula is C28H30ClN3O. The first-order chi connectivity index (χ1) is 15.7. The second kappa shape index (κ2) is 9.03. The van der Waals surface area contributed by atoms with Gasteiger partial charge in [-0.15, -0.1) is 0 Å². The summed E-state index contributed by atoms with van der Waals surface area (Å²) >= 11 is 6.23. The number of rotatable bonds is 5. The average molecular weight is 460 g/mol. The van der Waals surface area contributed by atoms with Crippen LogP contribution in [0.2, 0.25) is 5.02 Å². The zero-order valence-corrected chi connectivity index (χ0v) is 20.9. The standard InChI is InChI=1S/C28H30ClN3O/c1-17(2)31(28(33)27-20(5)13-18(3)14-21(27)6)16-26-30-23-9-7-8-10-25(23)32(26)24-12-11-22(29)15-19(24)4/h7-15,17H,16H2,1-6H3. The van der Waals surface area contributed by atoms with Crippen molar-refractivity contribution in [3.8, 4) is 5.69 Å². The molecule has 0 N–H and O–H groups in total. The van der Waals surface area contributed by atoms with Gasteiger partial charge in [-0.25, -0.2) is 4.98 Å². The molecule has 4 aromatic rings. The Labute approximate surface area is 200 Å². The Bertz CT molecular complexity index is 1330. The molecule has 0 fully saturated rings. The molecule has 3 aromatic carbocycles. The fourth-order valence-electron chi connectivity index (χ4n) is 4.62. The largest absolute Gasteiger partial charge is 0.329 e. The summed E-state index contributed by atoms with van der Waals surface area (Å²) in [6, 6.07) is 18.1. The van der Waals surface area contributed by atoms with Crippen molar-refractivity contribution in [2.45, 2.75) is 54.1 Å². The summed E-state index contributed by atoms with van der Waals surface area (Å²) in [6.45, 7) is 12.6. The molecule has 0 saturated heterocycles. The van der Waals surface area contributed by atoms with Gasteiger partial charge in [0, 0.05) is 16.6 Å². The third-order valence-electron chi connectivity index (χ3n) is 6.12. The number of carbonyl (C=O) groups is 1. The van der Waals surface area contributed by atoms with Crippen molar-refractivity contribution in [3.63, 3.8) is 0 Å². The molecule has 4 nitrogen and oxygen atoms in total. The van der Waals surface area contributed by atoms with Gasteiger partial charge in [-0.05, 0) is 88.6 Å². The summed E-state index contributed by atoms with van der Waals surface area (Å²) < 4.78 is 2.15. The number of hydrogen-bond acceptors (Lipinski definition) is 2. The van der Waals surface area contributed by atoms with Crippen molar-refractivity contribution in [1.29, 1.82) is 0 Å². The molecule has 33 heavy (non-hydrogen) atoms. The zero-order valence-electron chi connectivity index (χ0n) is 20.1. The average Bonchev–Trinajstić information content (AvgIpc) is 3.09. The van der Waals surface area contributed by atoms with Crippen molar-refractivity contribution in [1.82, 2.24) is 14.5 Å². The first-order valence-corrected chi connectivity index (χ1v) is 11.7. The molecule has 170 valence electrons. The van der Waals surface area contributed by atoms with Gasteiger partial charge in [0.2, 0.25) is 0 Å². The van der Waals surface area contributed by atoms with Crippen LogP contribution in [0, 0.1) is 27.7 Å². The van der Waals surface area contributed by atoms with Gasteiger partial charge >= 0.3 is 0 Å². The van der Waals surface area contributed by atoms with E-state index in [1.54, 1.807) is 0 Å². The lowest BCUT2D eigenvalue weighted by molar-refractivity contribution is 0.0683. The maximum atomic E-state index is 13.8. The Morgan fingerprint density at radius 1 is 0.970 bits per heavy atom. The summed E-state index contributed by atoms with van der Waals surface area (Å²) in [5.74, 6) is 0.859. The molecule has 1 aromatic heterocycles. The van der Waals surface area contributed by atoms with Crippen molar-refractivity contribution in [2.75, 3.05) is 0 Å². The number of hydrogen-bond donors (Lipinski definition) is 0. The molecule has 0 radical (unpaired) electrons. The van der Waals surface area contributed by atoms with Gasteiger partial charge in [0.05, 0.1) is 23.3 Å². The highest BCUT2D eigenvalue weighted by atomic mass is 35.5. The molecule has 0 bridgehead atoms. The summed E-state index contributed by atoms with van der Waals surface area (Å²) in [5.41, 5.74) is 7.94. The second-order valence-corrected chi connectivity index (χ2v) is 9.52. The molecule has 1 amide bonds. The molecule has 0 aliphatic heterocycles. The normalized spacial score (nSPS) is 11.4. The molecule has 0 spiro atoms. The predicted octanol–water partition coefficient (Wildman–Crippen LogP) is 6.96. The quantitative estimate of drug-likeness (QED) is 0.323. The van der Waals surface area contributed by atoms with E-state index in [0.717, 1.165) is 50.4 Å². The van der Waals surface area contributed by atoms with E-state index in [-0.39, 0.29) is 11.9 Å². The van der Waals surface area contributed by atoms with E-state index in [2.05, 4.69) is 43.5 Å². The number of imidazole rings is 1. The van der Waals surface area contributed by atoms with Gasteiger partial charge < -0.3 is 4.90 Å². The molecule has 0 saturated carbocycles. The monoisotopic (exact) mass is 459 g/mol. The van der Waals surface area contributed by atoms with Gasteiger partial charge in [-0.2, -0.15) is 0 Å². The highest BCUT2D eigenvalue weighted by Crippen LogP contribution is 2.28. The predicted molar refractivity (Wildman–Crippen MR) is 136 cm³/mol. The number of aryl methyl sites for hydroxylation is 4. The van der Waals surface area contributed by atoms with Gasteiger partial charge in [-0.1, -0.05) is 41.4 Å². The van der Waals surface area contributed by atoms with Gasteiger partial charge in [-0.3, -0.25) is 9.36 Å². The van der Waals surface area contributed by atoms with Crippen LogP contribution in [-0.4, -0.2) is 26.4 Å². The zero-order chi connectivity index (χ0) is 23.9. The number of carbonyl (C=O) groups excluding carboxylic acids is 1. The van der Waals surface area contributed by atoms with Crippen molar-refractivity contribution < 1.29 is 4.79 Å². The van der Waals surface area contributed by atoms with E-state index in [4.69, 9.17) is 16.6 Å². The molecule has 1 heterocycles. The smallest absolute Gasteiger partial charge is 0.255 e. The van der Waals surface area contributed by atoms with Crippen molar-refractivity contribution >= 4 is 28.5 Å². The summed E-state index contributed by atoms with van der Waals surface area (Å²) in [6.07, 6.45) is 0. The maximum Gasteiger partial charge on any atom is 0.255 e. The molecule has 5 heteroatoms. The van der Waals surface area contributed by atoms with E-state index in [1.807, 2.05) is 62.1 Å². The number of benzene rings is 3. The molecule has 0 aliphatic rings. The van der Waals surface area contributed by atoms with E-state index >= 15 is 0 Å². The van der Waals surface area contributed by atoms with Crippen LogP contribution in [0.4, 0.5) is 0 Å². The van der Waals surface area contributed by atoms with Crippen molar-refractivity contribution in [3.05, 3.63) is 93.3 Å². The van der Waals surface area contributed by atoms with E-state index < -0.39 is 0 Å². The number of amides is 1. The van der Waals surface area contributed by atoms with Crippen LogP contribution >= 0.6 is 11.6 Å². The summed E-state index contributed by atoms with van der Waals surface area (Å²) in [5, 5.41) is 0.700. The van der Waals surface area contributed by atoms with Crippen LogP contribution in [0.3, 0.4) is 0 Å². The Morgan fingerprint density at radius 3 is 2.27 bits per heavy atom. The Balaban J connectivity index is 1.84. The van der Waals surface area contributed by atoms with Crippen LogP contribution in [0.25, 0.3) is 16.7 Å². The Hall–Kier alpha value is -3.11. The van der Waals surface area contributed by atoms with Gasteiger partial charge in [0.1, 0.15) is 5.82 Å². The lowest BCUT2D eigenvalue weighted by Gasteiger charge is -2.28. The molecule has 4 rings (SSSR count). The maximum absolute atomic E-state index is 13.8. The number of para-hydroxylation sites is 2. The Kier molecular flexibility index (Phi) is 6.31. The highest BCUT2D eigenvalue weighted by molar-refractivity contribution is 6.30. The van der Waals surface area contributed by atoms with Crippen LogP contribution < -0.4 is 0 Å². The number of halogens is 1. The van der Waals surface area contributed by atoms with E-state index in [9.17, 15) is 4.79 Å². The lowest BCUT2D eigenvalue weighted by Crippen LogP contribution is -2.38. The summed E-state index contributed by atoms with van der Waals surface area (Å²) in [7, 11) is 0. The van der Waals surface area contributed by atoms with Crippen LogP contribution in [-0.2, 0) is 6.54 Å². The van der Waals surface area contributed by atoms with Crippen LogP contribution in [0.1, 0.15) is 52.3 Å². The molecule has 0 atom stereocenters. The fourth-order valence-corrected chi connectivity index (χ4v) is 4.85. The minimum atomic E-state index is 0.0113. The van der Waals surface area contributed by atoms with E-state index in [0.29, 0.717) is 11.6 Å². The van der Waals surface area contributed by atoms with Crippen LogP contribution in [0.5, 0.6) is 0 Å². The van der Waals surface area contributed by atoms with Crippen LogP contribution in [0.15, 0.2) is 54.6 Å². The third-order valence-corrected chi connectivity index (χ3v) is 6.35. The number of nitrogens with zero attached hydrogens (tertiary/aromatic N) is 3. The first kappa shape index (κ1) is 23.1. The first-order valence-electron chi connectivity index (χ1n) is 11.3. The lowest BCUT2D eigenvalue weighted by atomic mass is 9.98. The summed E-state index contributed by atoms with van der Waals surface area (Å²) in [4.78, 5) is 20.6. The third kappa shape index (κ3) is 4.40.